The summed E-state index contributed by atoms with van der Waals surface area (Å²) in [6.07, 6.45) is 2.18. The van der Waals surface area contributed by atoms with Crippen LogP contribution in [0.15, 0.2) is 29.2 Å². The first-order valence-electron chi connectivity index (χ1n) is 8.93. The van der Waals surface area contributed by atoms with Crippen LogP contribution in [-0.2, 0) is 19.6 Å². The third kappa shape index (κ3) is 4.95. The van der Waals surface area contributed by atoms with Gasteiger partial charge in [0.25, 0.3) is 5.91 Å². The number of nitrogens with one attached hydrogen (secondary N) is 2. The number of benzene rings is 1. The van der Waals surface area contributed by atoms with Crippen molar-refractivity contribution in [3.8, 4) is 0 Å². The van der Waals surface area contributed by atoms with Crippen molar-refractivity contribution in [2.24, 2.45) is 0 Å². The summed E-state index contributed by atoms with van der Waals surface area (Å²) in [5.41, 5.74) is 0. The van der Waals surface area contributed by atoms with Gasteiger partial charge in [-0.25, -0.2) is 8.42 Å². The van der Waals surface area contributed by atoms with E-state index in [0.29, 0.717) is 44.3 Å². The molecule has 3 rings (SSSR count). The maximum atomic E-state index is 12.7. The second-order valence-corrected chi connectivity index (χ2v) is 9.10. The lowest BCUT2D eigenvalue weighted by molar-refractivity contribution is -0.895. The maximum Gasteiger partial charge on any atom is 0.275 e. The first-order valence-corrected chi connectivity index (χ1v) is 10.7. The van der Waals surface area contributed by atoms with Crippen LogP contribution in [0.3, 0.4) is 0 Å². The number of amides is 1. The van der Waals surface area contributed by atoms with Crippen LogP contribution >= 0.6 is 11.6 Å². The van der Waals surface area contributed by atoms with Crippen molar-refractivity contribution in [3.63, 3.8) is 0 Å². The lowest BCUT2D eigenvalue weighted by Gasteiger charge is -2.31. The third-order valence-electron chi connectivity index (χ3n) is 4.82. The molecule has 2 fully saturated rings. The lowest BCUT2D eigenvalue weighted by Crippen LogP contribution is -3.15. The van der Waals surface area contributed by atoms with Crippen LogP contribution in [0, 0.1) is 0 Å². The van der Waals surface area contributed by atoms with Crippen LogP contribution in [-0.4, -0.2) is 70.6 Å². The van der Waals surface area contributed by atoms with Crippen molar-refractivity contribution >= 4 is 27.5 Å². The minimum Gasteiger partial charge on any atom is -0.376 e. The maximum absolute atomic E-state index is 12.7. The van der Waals surface area contributed by atoms with E-state index in [0.717, 1.165) is 24.3 Å². The zero-order valence-corrected chi connectivity index (χ0v) is 16.2. The Balaban J connectivity index is 1.47. The monoisotopic (exact) mass is 402 g/mol. The van der Waals surface area contributed by atoms with E-state index in [4.69, 9.17) is 16.3 Å². The van der Waals surface area contributed by atoms with Crippen molar-refractivity contribution in [2.75, 3.05) is 45.9 Å². The van der Waals surface area contributed by atoms with Crippen molar-refractivity contribution in [1.82, 2.24) is 9.62 Å². The SMILES string of the molecule is O=C(C[NH+]1CCN(S(=O)(=O)c2cccc(Cl)c2)CC1)NC[C@H]1CCCO1. The molecule has 0 unspecified atom stereocenters. The fourth-order valence-electron chi connectivity index (χ4n) is 3.32. The molecular formula is C17H25ClN3O4S+. The van der Waals surface area contributed by atoms with E-state index in [9.17, 15) is 13.2 Å². The van der Waals surface area contributed by atoms with E-state index in [1.54, 1.807) is 18.2 Å². The zero-order valence-electron chi connectivity index (χ0n) is 14.6. The average Bonchev–Trinajstić information content (AvgIpc) is 3.14. The molecule has 0 radical (unpaired) electrons. The van der Waals surface area contributed by atoms with Gasteiger partial charge in [0.2, 0.25) is 10.0 Å². The standard InChI is InChI=1S/C17H24ClN3O4S/c18-14-3-1-5-16(11-14)26(23,24)21-8-6-20(7-9-21)13-17(22)19-12-15-4-2-10-25-15/h1,3,5,11,15H,2,4,6-10,12-13H2,(H,19,22)/p+1/t15-/m1/s1. The number of nitrogens with zero attached hydrogens (tertiary/aromatic N) is 1. The molecule has 2 N–H and O–H groups in total. The van der Waals surface area contributed by atoms with Crippen LogP contribution in [0.2, 0.25) is 5.02 Å². The molecule has 1 aromatic carbocycles. The fraction of sp³-hybridized carbons (Fsp3) is 0.588. The highest BCUT2D eigenvalue weighted by atomic mass is 35.5. The first-order chi connectivity index (χ1) is 12.4. The van der Waals surface area contributed by atoms with Crippen LogP contribution in [0.25, 0.3) is 0 Å². The number of hydrogen-bond acceptors (Lipinski definition) is 4. The quantitative estimate of drug-likeness (QED) is 0.674. The van der Waals surface area contributed by atoms with Gasteiger partial charge in [-0.15, -0.1) is 0 Å². The molecule has 9 heteroatoms. The van der Waals surface area contributed by atoms with Crippen LogP contribution in [0.1, 0.15) is 12.8 Å². The minimum atomic E-state index is -3.54. The highest BCUT2D eigenvalue weighted by molar-refractivity contribution is 7.89. The Morgan fingerprint density at radius 3 is 2.77 bits per heavy atom. The Kier molecular flexibility index (Phi) is 6.52. The van der Waals surface area contributed by atoms with Gasteiger partial charge in [0, 0.05) is 18.2 Å². The number of quaternary nitrogens is 1. The number of carbonyl (C=O) groups excluding carboxylic acids is 1. The first kappa shape index (κ1) is 19.6. The Bertz CT molecular complexity index is 729. The summed E-state index contributed by atoms with van der Waals surface area (Å²) in [5.74, 6) is -0.0124. The molecule has 0 saturated carbocycles. The fourth-order valence-corrected chi connectivity index (χ4v) is 5.06. The Hall–Kier alpha value is -1.19. The normalized spacial score (nSPS) is 22.4. The topological polar surface area (TPSA) is 80.2 Å². The third-order valence-corrected chi connectivity index (χ3v) is 6.95. The summed E-state index contributed by atoms with van der Waals surface area (Å²) in [4.78, 5) is 13.4. The number of hydrogen-bond donors (Lipinski definition) is 2. The van der Waals surface area contributed by atoms with Crippen molar-refractivity contribution in [3.05, 3.63) is 29.3 Å². The summed E-state index contributed by atoms with van der Waals surface area (Å²) in [6.45, 7) is 3.68. The van der Waals surface area contributed by atoms with Crippen LogP contribution < -0.4 is 10.2 Å². The second kappa shape index (κ2) is 8.67. The van der Waals surface area contributed by atoms with E-state index in [-0.39, 0.29) is 16.9 Å². The highest BCUT2D eigenvalue weighted by Gasteiger charge is 2.31. The molecule has 1 aromatic rings. The van der Waals surface area contributed by atoms with Gasteiger partial charge in [0.1, 0.15) is 0 Å². The van der Waals surface area contributed by atoms with E-state index in [1.165, 1.54) is 10.4 Å². The van der Waals surface area contributed by atoms with E-state index < -0.39 is 10.0 Å². The predicted molar refractivity (Wildman–Crippen MR) is 97.8 cm³/mol. The van der Waals surface area contributed by atoms with Gasteiger partial charge in [-0.05, 0) is 31.0 Å². The molecule has 2 heterocycles. The molecule has 0 aliphatic carbocycles. The van der Waals surface area contributed by atoms with Crippen LogP contribution in [0.5, 0.6) is 0 Å². The summed E-state index contributed by atoms with van der Waals surface area (Å²) in [7, 11) is -3.54. The molecule has 26 heavy (non-hydrogen) atoms. The average molecular weight is 403 g/mol. The Labute approximate surface area is 159 Å². The van der Waals surface area contributed by atoms with Gasteiger partial charge in [-0.1, -0.05) is 17.7 Å². The Morgan fingerprint density at radius 2 is 2.12 bits per heavy atom. The molecule has 0 bridgehead atoms. The number of ether oxygens (including phenoxy) is 1. The number of sulfonamides is 1. The van der Waals surface area contributed by atoms with E-state index in [2.05, 4.69) is 5.32 Å². The van der Waals surface area contributed by atoms with Crippen molar-refractivity contribution < 1.29 is 22.8 Å². The molecule has 0 aromatic heterocycles. The van der Waals surface area contributed by atoms with Gasteiger partial charge in [0.05, 0.1) is 37.2 Å². The molecule has 1 amide bonds. The molecule has 7 nitrogen and oxygen atoms in total. The predicted octanol–water partition coefficient (Wildman–Crippen LogP) is -0.476. The molecule has 0 spiro atoms. The zero-order chi connectivity index (χ0) is 18.6. The highest BCUT2D eigenvalue weighted by Crippen LogP contribution is 2.19. The molecule has 144 valence electrons. The van der Waals surface area contributed by atoms with Crippen molar-refractivity contribution in [1.29, 1.82) is 0 Å². The number of rotatable bonds is 6. The molecule has 2 aliphatic heterocycles. The molecule has 2 saturated heterocycles. The second-order valence-electron chi connectivity index (χ2n) is 6.73. The molecule has 1 atom stereocenters. The van der Waals surface area contributed by atoms with E-state index >= 15 is 0 Å². The molecular weight excluding hydrogens is 378 g/mol. The van der Waals surface area contributed by atoms with Gasteiger partial charge >= 0.3 is 0 Å². The summed E-state index contributed by atoms with van der Waals surface area (Å²) in [5, 5.41) is 3.32. The number of halogens is 1. The smallest absolute Gasteiger partial charge is 0.275 e. The number of piperazine rings is 1. The largest absolute Gasteiger partial charge is 0.376 e. The summed E-state index contributed by atoms with van der Waals surface area (Å²) in [6, 6.07) is 6.31. The minimum absolute atomic E-state index is 0.0124. The van der Waals surface area contributed by atoms with Gasteiger partial charge in [-0.2, -0.15) is 4.31 Å². The van der Waals surface area contributed by atoms with Gasteiger partial charge in [0.15, 0.2) is 6.54 Å². The lowest BCUT2D eigenvalue weighted by atomic mass is 10.2. The van der Waals surface area contributed by atoms with Gasteiger partial charge < -0.3 is 15.0 Å². The van der Waals surface area contributed by atoms with E-state index in [1.807, 2.05) is 0 Å². The summed E-state index contributed by atoms with van der Waals surface area (Å²) < 4.78 is 32.3. The van der Waals surface area contributed by atoms with Gasteiger partial charge in [-0.3, -0.25) is 4.79 Å². The molecule has 2 aliphatic rings. The van der Waals surface area contributed by atoms with Crippen molar-refractivity contribution in [2.45, 2.75) is 23.8 Å². The number of carbonyl (C=O) groups is 1. The van der Waals surface area contributed by atoms with Crippen LogP contribution in [0.4, 0.5) is 0 Å². The summed E-state index contributed by atoms with van der Waals surface area (Å²) >= 11 is 5.91. The Morgan fingerprint density at radius 1 is 1.35 bits per heavy atom.